The molecule has 134 valence electrons. The van der Waals surface area contributed by atoms with Gasteiger partial charge < -0.3 is 0 Å². The molecule has 2 N–H and O–H groups in total. The summed E-state index contributed by atoms with van der Waals surface area (Å²) in [5.41, 5.74) is 0. The molecule has 0 saturated carbocycles. The fourth-order valence-electron chi connectivity index (χ4n) is 2.10. The van der Waals surface area contributed by atoms with Crippen molar-refractivity contribution in [1.29, 1.82) is 0 Å². The Balaban J connectivity index is 5.03. The highest BCUT2D eigenvalue weighted by molar-refractivity contribution is 7.81. The van der Waals surface area contributed by atoms with E-state index in [0.29, 0.717) is 12.8 Å². The molecule has 0 radical (unpaired) electrons. The van der Waals surface area contributed by atoms with Gasteiger partial charge in [0.05, 0.1) is 0 Å². The summed E-state index contributed by atoms with van der Waals surface area (Å²) in [6.45, 7) is 3.90. The minimum atomic E-state index is -4.75. The average Bonchev–Trinajstić information content (AvgIpc) is 2.34. The van der Waals surface area contributed by atoms with Crippen LogP contribution < -0.4 is 0 Å². The first kappa shape index (κ1) is 21.7. The van der Waals surface area contributed by atoms with Gasteiger partial charge in [-0.2, -0.15) is 16.8 Å². The molecule has 0 aliphatic carbocycles. The highest BCUT2D eigenvalue weighted by Crippen LogP contribution is 2.21. The molecule has 0 fully saturated rings. The van der Waals surface area contributed by atoms with Crippen molar-refractivity contribution >= 4 is 20.8 Å². The van der Waals surface area contributed by atoms with Gasteiger partial charge in [0.25, 0.3) is 0 Å². The van der Waals surface area contributed by atoms with Crippen LogP contribution in [-0.2, 0) is 29.2 Å². The largest absolute Gasteiger partial charge is 0.397 e. The fraction of sp³-hybridized carbons (Fsp3) is 1.00. The number of hydrogen-bond acceptors (Lipinski definition) is 6. The normalized spacial score (nSPS) is 15.6. The molecule has 22 heavy (non-hydrogen) atoms. The fourth-order valence-corrected chi connectivity index (χ4v) is 3.16. The van der Waals surface area contributed by atoms with Gasteiger partial charge in [-0.05, 0) is 12.8 Å². The van der Waals surface area contributed by atoms with Crippen LogP contribution in [-0.4, -0.2) is 38.1 Å². The van der Waals surface area contributed by atoms with Crippen LogP contribution in [0.25, 0.3) is 0 Å². The Morgan fingerprint density at radius 3 is 1.27 bits per heavy atom. The van der Waals surface area contributed by atoms with Gasteiger partial charge in [-0.15, -0.1) is 0 Å². The van der Waals surface area contributed by atoms with E-state index in [2.05, 4.69) is 8.37 Å². The lowest BCUT2D eigenvalue weighted by Gasteiger charge is -2.24. The lowest BCUT2D eigenvalue weighted by molar-refractivity contribution is 0.0333. The maximum absolute atomic E-state index is 10.9. The lowest BCUT2D eigenvalue weighted by atomic mass is 10.0. The van der Waals surface area contributed by atoms with E-state index in [1.807, 2.05) is 13.8 Å². The van der Waals surface area contributed by atoms with Gasteiger partial charge in [0.15, 0.2) is 0 Å². The Hall–Kier alpha value is -0.260. The zero-order valence-corrected chi connectivity index (χ0v) is 14.6. The van der Waals surface area contributed by atoms with Crippen LogP contribution in [0.2, 0.25) is 0 Å². The summed E-state index contributed by atoms with van der Waals surface area (Å²) >= 11 is 0. The van der Waals surface area contributed by atoms with Gasteiger partial charge in [0.1, 0.15) is 12.2 Å². The molecule has 8 nitrogen and oxygen atoms in total. The van der Waals surface area contributed by atoms with Gasteiger partial charge in [0, 0.05) is 0 Å². The summed E-state index contributed by atoms with van der Waals surface area (Å²) in [5, 5.41) is 0. The van der Waals surface area contributed by atoms with Crippen molar-refractivity contribution in [3.05, 3.63) is 0 Å². The van der Waals surface area contributed by atoms with E-state index in [9.17, 15) is 16.8 Å². The third kappa shape index (κ3) is 12.3. The van der Waals surface area contributed by atoms with E-state index in [0.717, 1.165) is 25.7 Å². The van der Waals surface area contributed by atoms with Crippen LogP contribution >= 0.6 is 0 Å². The molecule has 0 aromatic heterocycles. The molecule has 2 unspecified atom stereocenters. The molecular weight excluding hydrogens is 336 g/mol. The molecule has 0 rings (SSSR count). The zero-order chi connectivity index (χ0) is 17.2. The van der Waals surface area contributed by atoms with Gasteiger partial charge in [-0.3, -0.25) is 9.11 Å². The Morgan fingerprint density at radius 1 is 0.727 bits per heavy atom. The first-order valence-electron chi connectivity index (χ1n) is 7.40. The van der Waals surface area contributed by atoms with Crippen molar-refractivity contribution in [2.75, 3.05) is 0 Å². The Bertz CT molecular complexity index is 439. The Morgan fingerprint density at radius 2 is 1.05 bits per heavy atom. The highest BCUT2D eigenvalue weighted by atomic mass is 32.3. The smallest absolute Gasteiger partial charge is 0.264 e. The molecule has 0 saturated heterocycles. The summed E-state index contributed by atoms with van der Waals surface area (Å²) in [7, 11) is -9.50. The molecule has 10 heteroatoms. The molecule has 0 aromatic carbocycles. The maximum atomic E-state index is 10.9. The van der Waals surface area contributed by atoms with E-state index >= 15 is 0 Å². The van der Waals surface area contributed by atoms with Gasteiger partial charge in [0.2, 0.25) is 0 Å². The second-order valence-electron chi connectivity index (χ2n) is 5.12. The number of hydrogen-bond donors (Lipinski definition) is 2. The van der Waals surface area contributed by atoms with Crippen molar-refractivity contribution in [1.82, 2.24) is 0 Å². The minimum Gasteiger partial charge on any atom is -0.264 e. The lowest BCUT2D eigenvalue weighted by Crippen LogP contribution is -2.35. The molecule has 0 aliphatic rings. The molecule has 0 aromatic rings. The Labute approximate surface area is 133 Å². The van der Waals surface area contributed by atoms with Crippen molar-refractivity contribution < 1.29 is 34.3 Å². The predicted octanol–water partition coefficient (Wildman–Crippen LogP) is 2.52. The summed E-state index contributed by atoms with van der Waals surface area (Å²) in [5.74, 6) is 0. The molecule has 0 bridgehead atoms. The molecule has 2 atom stereocenters. The standard InChI is InChI=1S/C12H26O8S2/c1-3-5-7-9-11(19-21(13,14)15)12(10-8-6-4-2)20-22(16,17)18/h11-12H,3-10H2,1-2H3,(H,13,14,15)(H,16,17,18). The summed E-state index contributed by atoms with van der Waals surface area (Å²) < 4.78 is 70.6. The van der Waals surface area contributed by atoms with Crippen molar-refractivity contribution in [2.45, 2.75) is 77.4 Å². The highest BCUT2D eigenvalue weighted by Gasteiger charge is 2.30. The topological polar surface area (TPSA) is 127 Å². The van der Waals surface area contributed by atoms with Crippen molar-refractivity contribution in [3.8, 4) is 0 Å². The number of unbranched alkanes of at least 4 members (excludes halogenated alkanes) is 4. The Kier molecular flexibility index (Phi) is 10.4. The van der Waals surface area contributed by atoms with Crippen LogP contribution in [0.1, 0.15) is 65.2 Å². The van der Waals surface area contributed by atoms with Crippen LogP contribution in [0.5, 0.6) is 0 Å². The van der Waals surface area contributed by atoms with E-state index in [-0.39, 0.29) is 12.8 Å². The quantitative estimate of drug-likeness (QED) is 0.378. The molecule has 0 amide bonds. The van der Waals surface area contributed by atoms with Crippen LogP contribution in [0, 0.1) is 0 Å². The number of rotatable bonds is 13. The first-order chi connectivity index (χ1) is 10.1. The van der Waals surface area contributed by atoms with Crippen molar-refractivity contribution in [2.24, 2.45) is 0 Å². The van der Waals surface area contributed by atoms with Crippen LogP contribution in [0.15, 0.2) is 0 Å². The second kappa shape index (κ2) is 10.5. The SMILES string of the molecule is CCCCCC(OS(=O)(=O)O)C(CCCCC)OS(=O)(=O)O. The molecular formula is C12H26O8S2. The monoisotopic (exact) mass is 362 g/mol. The first-order valence-corrected chi connectivity index (χ1v) is 10.1. The maximum Gasteiger partial charge on any atom is 0.397 e. The molecule has 0 heterocycles. The third-order valence-corrected chi connectivity index (χ3v) is 4.07. The van der Waals surface area contributed by atoms with Crippen LogP contribution in [0.4, 0.5) is 0 Å². The van der Waals surface area contributed by atoms with E-state index in [1.54, 1.807) is 0 Å². The summed E-state index contributed by atoms with van der Waals surface area (Å²) in [6, 6.07) is 0. The van der Waals surface area contributed by atoms with Crippen LogP contribution in [0.3, 0.4) is 0 Å². The van der Waals surface area contributed by atoms with Gasteiger partial charge in [-0.1, -0.05) is 52.4 Å². The van der Waals surface area contributed by atoms with E-state index in [1.165, 1.54) is 0 Å². The predicted molar refractivity (Wildman–Crippen MR) is 81.1 cm³/mol. The summed E-state index contributed by atoms with van der Waals surface area (Å²) in [4.78, 5) is 0. The van der Waals surface area contributed by atoms with E-state index in [4.69, 9.17) is 9.11 Å². The summed E-state index contributed by atoms with van der Waals surface area (Å²) in [6.07, 6.45) is 2.54. The average molecular weight is 362 g/mol. The molecule has 0 aliphatic heterocycles. The van der Waals surface area contributed by atoms with Crippen molar-refractivity contribution in [3.63, 3.8) is 0 Å². The third-order valence-electron chi connectivity index (χ3n) is 3.09. The van der Waals surface area contributed by atoms with Gasteiger partial charge >= 0.3 is 20.8 Å². The van der Waals surface area contributed by atoms with Gasteiger partial charge in [-0.25, -0.2) is 8.37 Å². The second-order valence-corrected chi connectivity index (χ2v) is 7.21. The zero-order valence-electron chi connectivity index (χ0n) is 13.0. The minimum absolute atomic E-state index is 0.194. The molecule has 0 spiro atoms. The van der Waals surface area contributed by atoms with E-state index < -0.39 is 33.0 Å².